The van der Waals surface area contributed by atoms with Crippen LogP contribution in [0.4, 0.5) is 13.2 Å². The summed E-state index contributed by atoms with van der Waals surface area (Å²) in [4.78, 5) is 10.1. The molecule has 0 fully saturated rings. The number of hydrogen-bond acceptors (Lipinski definition) is 3. The predicted molar refractivity (Wildman–Crippen MR) is 129 cm³/mol. The van der Waals surface area contributed by atoms with Gasteiger partial charge < -0.3 is 14.6 Å². The second-order valence-corrected chi connectivity index (χ2v) is 8.85. The smallest absolute Gasteiger partial charge is 0.416 e. The molecule has 1 heterocycles. The van der Waals surface area contributed by atoms with E-state index in [4.69, 9.17) is 9.72 Å². The van der Waals surface area contributed by atoms with Gasteiger partial charge in [0.05, 0.1) is 16.6 Å². The number of nitrogens with one attached hydrogen (secondary N) is 1. The van der Waals surface area contributed by atoms with Crippen LogP contribution in [0.25, 0.3) is 22.4 Å². The Labute approximate surface area is 197 Å². The van der Waals surface area contributed by atoms with Gasteiger partial charge in [0.1, 0.15) is 18.2 Å². The second-order valence-electron chi connectivity index (χ2n) is 8.85. The lowest BCUT2D eigenvalue weighted by atomic mass is 9.98. The van der Waals surface area contributed by atoms with Crippen LogP contribution >= 0.6 is 0 Å². The number of fused-ring (bicyclic) bond motifs is 1. The Balaban J connectivity index is 1.79. The predicted octanol–water partition coefficient (Wildman–Crippen LogP) is 6.40. The molecule has 4 nitrogen and oxygen atoms in total. The summed E-state index contributed by atoms with van der Waals surface area (Å²) in [6.07, 6.45) is -4.33. The molecule has 0 bridgehead atoms. The number of halogens is 3. The molecule has 0 amide bonds. The maximum absolute atomic E-state index is 13.6. The number of imidazole rings is 1. The largest absolute Gasteiger partial charge is 0.492 e. The molecule has 0 aliphatic carbocycles. The lowest BCUT2D eigenvalue weighted by Crippen LogP contribution is -2.19. The number of H-pyrrole nitrogens is 1. The van der Waals surface area contributed by atoms with Crippen LogP contribution in [0.2, 0.25) is 0 Å². The zero-order valence-electron chi connectivity index (χ0n) is 19.8. The van der Waals surface area contributed by atoms with Crippen molar-refractivity contribution in [3.63, 3.8) is 0 Å². The second kappa shape index (κ2) is 9.50. The Hall–Kier alpha value is -3.32. The van der Waals surface area contributed by atoms with Gasteiger partial charge in [0.25, 0.3) is 0 Å². The van der Waals surface area contributed by atoms with E-state index < -0.39 is 11.7 Å². The first kappa shape index (κ1) is 23.8. The van der Waals surface area contributed by atoms with E-state index in [1.165, 1.54) is 17.7 Å². The topological polar surface area (TPSA) is 41.1 Å². The molecule has 178 valence electrons. The molecule has 0 aliphatic rings. The van der Waals surface area contributed by atoms with Crippen LogP contribution in [-0.2, 0) is 12.6 Å². The maximum Gasteiger partial charge on any atom is 0.416 e. The summed E-state index contributed by atoms with van der Waals surface area (Å²) in [6.45, 7) is 5.28. The molecule has 4 aromatic rings. The highest BCUT2D eigenvalue weighted by Gasteiger charge is 2.33. The van der Waals surface area contributed by atoms with Gasteiger partial charge in [-0.05, 0) is 68.4 Å². The molecule has 1 aromatic heterocycles. The number of aromatic amines is 1. The van der Waals surface area contributed by atoms with Crippen molar-refractivity contribution >= 4 is 11.0 Å². The van der Waals surface area contributed by atoms with E-state index in [1.54, 1.807) is 12.1 Å². The van der Waals surface area contributed by atoms with Gasteiger partial charge in [0.15, 0.2) is 0 Å². The minimum atomic E-state index is -4.42. The molecule has 0 spiro atoms. The highest BCUT2D eigenvalue weighted by molar-refractivity contribution is 5.84. The van der Waals surface area contributed by atoms with Crippen molar-refractivity contribution in [3.8, 4) is 17.1 Å². The highest BCUT2D eigenvalue weighted by Crippen LogP contribution is 2.35. The van der Waals surface area contributed by atoms with Crippen molar-refractivity contribution in [3.05, 3.63) is 82.4 Å². The normalized spacial score (nSPS) is 12.0. The summed E-state index contributed by atoms with van der Waals surface area (Å²) in [7, 11) is 3.91. The molecular formula is C27H28F3N3O. The number of aryl methyl sites for hydroxylation is 2. The number of nitrogens with zero attached hydrogens (tertiary/aromatic N) is 2. The van der Waals surface area contributed by atoms with E-state index in [2.05, 4.69) is 11.1 Å². The van der Waals surface area contributed by atoms with E-state index in [0.29, 0.717) is 29.3 Å². The minimum absolute atomic E-state index is 0.0916. The van der Waals surface area contributed by atoms with E-state index in [0.717, 1.165) is 29.3 Å². The summed E-state index contributed by atoms with van der Waals surface area (Å²) in [6, 6.07) is 15.4. The Bertz CT molecular complexity index is 1310. The number of aromatic nitrogens is 2. The van der Waals surface area contributed by atoms with Crippen molar-refractivity contribution in [1.29, 1.82) is 0 Å². The molecule has 3 aromatic carbocycles. The molecule has 0 radical (unpaired) electrons. The zero-order valence-corrected chi connectivity index (χ0v) is 19.8. The van der Waals surface area contributed by atoms with Crippen LogP contribution in [0, 0.1) is 13.8 Å². The third kappa shape index (κ3) is 5.25. The van der Waals surface area contributed by atoms with Crippen LogP contribution < -0.4 is 4.74 Å². The lowest BCUT2D eigenvalue weighted by Gasteiger charge is -2.14. The number of ether oxygens (including phenoxy) is 1. The third-order valence-corrected chi connectivity index (χ3v) is 5.93. The van der Waals surface area contributed by atoms with Crippen LogP contribution in [0.3, 0.4) is 0 Å². The SMILES string of the molecule is Cc1ccc(-c2nc3c(Cc4ccccc4C(F)(F)F)cc(OCCN(C)C)cc3[nH]2)cc1C. The van der Waals surface area contributed by atoms with Crippen molar-refractivity contribution in [2.45, 2.75) is 26.4 Å². The zero-order chi connectivity index (χ0) is 24.5. The summed E-state index contributed by atoms with van der Waals surface area (Å²) in [5, 5.41) is 0. The van der Waals surface area contributed by atoms with Crippen LogP contribution in [0.5, 0.6) is 5.75 Å². The van der Waals surface area contributed by atoms with Crippen molar-refractivity contribution in [1.82, 2.24) is 14.9 Å². The first-order valence-electron chi connectivity index (χ1n) is 11.1. The number of likely N-dealkylation sites (N-methyl/N-ethyl adjacent to an activating group) is 1. The van der Waals surface area contributed by atoms with Crippen molar-refractivity contribution in [2.24, 2.45) is 0 Å². The fraction of sp³-hybridized carbons (Fsp3) is 0.296. The van der Waals surface area contributed by atoms with E-state index in [1.807, 2.05) is 51.0 Å². The average molecular weight is 468 g/mol. The number of hydrogen-bond donors (Lipinski definition) is 1. The van der Waals surface area contributed by atoms with Crippen LogP contribution in [0.15, 0.2) is 54.6 Å². The fourth-order valence-corrected chi connectivity index (χ4v) is 3.91. The average Bonchev–Trinajstić information content (AvgIpc) is 3.19. The van der Waals surface area contributed by atoms with Crippen molar-refractivity contribution < 1.29 is 17.9 Å². The Kier molecular flexibility index (Phi) is 6.66. The standard InChI is InChI=1S/C27H28F3N3O/c1-17-9-10-20(13-18(17)2)26-31-24-16-22(34-12-11-33(3)4)15-21(25(24)32-26)14-19-7-5-6-8-23(19)27(28,29)30/h5-10,13,15-16H,11-12,14H2,1-4H3,(H,31,32). The molecule has 7 heteroatoms. The molecule has 0 aliphatic heterocycles. The molecule has 0 unspecified atom stereocenters. The Morgan fingerprint density at radius 2 is 1.71 bits per heavy atom. The van der Waals surface area contributed by atoms with Gasteiger partial charge in [-0.3, -0.25) is 0 Å². The van der Waals surface area contributed by atoms with E-state index >= 15 is 0 Å². The minimum Gasteiger partial charge on any atom is -0.492 e. The summed E-state index contributed by atoms with van der Waals surface area (Å²) in [5.41, 5.74) is 4.88. The first-order valence-corrected chi connectivity index (χ1v) is 11.1. The monoisotopic (exact) mass is 467 g/mol. The first-order chi connectivity index (χ1) is 16.1. The van der Waals surface area contributed by atoms with Gasteiger partial charge in [-0.2, -0.15) is 13.2 Å². The van der Waals surface area contributed by atoms with Gasteiger partial charge in [-0.25, -0.2) is 4.98 Å². The Morgan fingerprint density at radius 1 is 0.941 bits per heavy atom. The molecular weight excluding hydrogens is 439 g/mol. The van der Waals surface area contributed by atoms with E-state index in [9.17, 15) is 13.2 Å². The quantitative estimate of drug-likeness (QED) is 0.342. The van der Waals surface area contributed by atoms with Gasteiger partial charge in [-0.15, -0.1) is 0 Å². The molecule has 0 saturated carbocycles. The van der Waals surface area contributed by atoms with Crippen molar-refractivity contribution in [2.75, 3.05) is 27.2 Å². The highest BCUT2D eigenvalue weighted by atomic mass is 19.4. The molecule has 0 atom stereocenters. The molecule has 34 heavy (non-hydrogen) atoms. The van der Waals surface area contributed by atoms with Crippen LogP contribution in [-0.4, -0.2) is 42.1 Å². The van der Waals surface area contributed by atoms with Gasteiger partial charge in [0.2, 0.25) is 0 Å². The maximum atomic E-state index is 13.6. The van der Waals surface area contributed by atoms with Gasteiger partial charge in [0, 0.05) is 24.6 Å². The van der Waals surface area contributed by atoms with Gasteiger partial charge >= 0.3 is 6.18 Å². The summed E-state index contributed by atoms with van der Waals surface area (Å²) in [5.74, 6) is 1.28. The fourth-order valence-electron chi connectivity index (χ4n) is 3.91. The third-order valence-electron chi connectivity index (χ3n) is 5.93. The molecule has 1 N–H and O–H groups in total. The number of rotatable bonds is 7. The number of alkyl halides is 3. The molecule has 0 saturated heterocycles. The molecule has 4 rings (SSSR count). The summed E-state index contributed by atoms with van der Waals surface area (Å²) < 4.78 is 46.8. The van der Waals surface area contributed by atoms with Gasteiger partial charge in [-0.1, -0.05) is 30.3 Å². The Morgan fingerprint density at radius 3 is 2.41 bits per heavy atom. The summed E-state index contributed by atoms with van der Waals surface area (Å²) >= 11 is 0. The van der Waals surface area contributed by atoms with Crippen LogP contribution in [0.1, 0.15) is 27.8 Å². The number of benzene rings is 3. The lowest BCUT2D eigenvalue weighted by molar-refractivity contribution is -0.138. The van der Waals surface area contributed by atoms with E-state index in [-0.39, 0.29) is 12.0 Å².